The normalized spacial score (nSPS) is 23.9. The van der Waals surface area contributed by atoms with Gasteiger partial charge in [0.05, 0.1) is 0 Å². The molecule has 6 heteroatoms. The Morgan fingerprint density at radius 3 is 2.86 bits per heavy atom. The Hall–Kier alpha value is -0.910. The predicted octanol–water partition coefficient (Wildman–Crippen LogP) is -0.386. The van der Waals surface area contributed by atoms with Crippen molar-refractivity contribution < 1.29 is 23.3 Å². The number of rotatable bonds is 4. The van der Waals surface area contributed by atoms with Gasteiger partial charge in [0, 0.05) is 28.7 Å². The number of carbonyl (C=O) groups is 2. The molecule has 1 unspecified atom stereocenters. The summed E-state index contributed by atoms with van der Waals surface area (Å²) in [6.45, 7) is 1.48. The molecule has 0 aliphatic carbocycles. The molecule has 0 N–H and O–H groups in total. The number of cyclic esters (lactones) is 2. The van der Waals surface area contributed by atoms with E-state index in [0.717, 1.165) is 0 Å². The van der Waals surface area contributed by atoms with Gasteiger partial charge in [-0.2, -0.15) is 0 Å². The Labute approximate surface area is 84.2 Å². The Morgan fingerprint density at radius 1 is 1.50 bits per heavy atom. The summed E-state index contributed by atoms with van der Waals surface area (Å²) in [5.74, 6) is -0.200. The minimum absolute atomic E-state index is 0.269. The van der Waals surface area contributed by atoms with Crippen molar-refractivity contribution in [3.8, 4) is 0 Å². The summed E-state index contributed by atoms with van der Waals surface area (Å²) in [7, 11) is -0.954. The fourth-order valence-corrected chi connectivity index (χ4v) is 1.79. The molecule has 80 valence electrons. The zero-order valence-electron chi connectivity index (χ0n) is 7.86. The maximum Gasteiger partial charge on any atom is 0.348 e. The van der Waals surface area contributed by atoms with Crippen molar-refractivity contribution in [2.45, 2.75) is 19.4 Å². The topological polar surface area (TPSA) is 69.7 Å². The molecule has 0 aromatic carbocycles. The second kappa shape index (κ2) is 5.09. The van der Waals surface area contributed by atoms with E-state index in [1.54, 1.807) is 6.92 Å². The first-order valence-corrected chi connectivity index (χ1v) is 5.83. The van der Waals surface area contributed by atoms with Gasteiger partial charge in [-0.25, -0.2) is 9.59 Å². The van der Waals surface area contributed by atoms with Crippen LogP contribution in [0.4, 0.5) is 0 Å². The maximum absolute atomic E-state index is 11.1. The molecule has 1 rings (SSSR count). The van der Waals surface area contributed by atoms with Crippen LogP contribution in [0.15, 0.2) is 0 Å². The van der Waals surface area contributed by atoms with Crippen molar-refractivity contribution in [1.82, 2.24) is 0 Å². The summed E-state index contributed by atoms with van der Waals surface area (Å²) in [5, 5.41) is 0. The van der Waals surface area contributed by atoms with Crippen molar-refractivity contribution in [2.75, 3.05) is 18.1 Å². The molecule has 0 amide bonds. The van der Waals surface area contributed by atoms with Crippen molar-refractivity contribution in [1.29, 1.82) is 0 Å². The standard InChI is InChI=1S/C8H12O5S/c1-2-14(11)4-3-6-8(10)12-5-7(9)13-6/h6H,2-5H2,1H3/t6-,14?/m0/s1. The Kier molecular flexibility index (Phi) is 4.06. The van der Waals surface area contributed by atoms with E-state index < -0.39 is 28.8 Å². The molecule has 1 saturated heterocycles. The lowest BCUT2D eigenvalue weighted by Crippen LogP contribution is -2.38. The summed E-state index contributed by atoms with van der Waals surface area (Å²) in [6.07, 6.45) is -0.600. The van der Waals surface area contributed by atoms with E-state index in [0.29, 0.717) is 11.5 Å². The highest BCUT2D eigenvalue weighted by Crippen LogP contribution is 2.08. The predicted molar refractivity (Wildman–Crippen MR) is 49.0 cm³/mol. The van der Waals surface area contributed by atoms with Gasteiger partial charge in [0.25, 0.3) is 0 Å². The van der Waals surface area contributed by atoms with Gasteiger partial charge in [-0.3, -0.25) is 4.21 Å². The van der Waals surface area contributed by atoms with Crippen LogP contribution in [-0.4, -0.2) is 40.4 Å². The third-order valence-corrected chi connectivity index (χ3v) is 3.13. The zero-order valence-corrected chi connectivity index (χ0v) is 8.67. The van der Waals surface area contributed by atoms with Crippen LogP contribution in [-0.2, 0) is 29.9 Å². The number of hydrogen-bond acceptors (Lipinski definition) is 5. The molecular formula is C8H12O5S. The third-order valence-electron chi connectivity index (χ3n) is 1.80. The molecule has 1 aliphatic heterocycles. The van der Waals surface area contributed by atoms with Crippen LogP contribution in [0.1, 0.15) is 13.3 Å². The van der Waals surface area contributed by atoms with Crippen LogP contribution in [0.2, 0.25) is 0 Å². The smallest absolute Gasteiger partial charge is 0.348 e. The van der Waals surface area contributed by atoms with Gasteiger partial charge in [-0.15, -0.1) is 0 Å². The average molecular weight is 220 g/mol. The first-order valence-electron chi connectivity index (χ1n) is 4.34. The van der Waals surface area contributed by atoms with Crippen LogP contribution in [0.3, 0.4) is 0 Å². The molecule has 1 aliphatic rings. The average Bonchev–Trinajstić information content (AvgIpc) is 2.19. The molecule has 0 radical (unpaired) electrons. The largest absolute Gasteiger partial charge is 0.451 e. The van der Waals surface area contributed by atoms with Crippen molar-refractivity contribution in [2.24, 2.45) is 0 Å². The van der Waals surface area contributed by atoms with E-state index in [4.69, 9.17) is 4.74 Å². The number of carbonyl (C=O) groups excluding carboxylic acids is 2. The molecule has 2 atom stereocenters. The van der Waals surface area contributed by atoms with Crippen LogP contribution < -0.4 is 0 Å². The molecule has 0 saturated carbocycles. The third kappa shape index (κ3) is 3.10. The molecule has 0 spiro atoms. The minimum Gasteiger partial charge on any atom is -0.451 e. The molecule has 0 aromatic rings. The molecule has 5 nitrogen and oxygen atoms in total. The van der Waals surface area contributed by atoms with Crippen LogP contribution in [0.5, 0.6) is 0 Å². The summed E-state index contributed by atoms with van der Waals surface area (Å²) in [4.78, 5) is 21.8. The monoisotopic (exact) mass is 220 g/mol. The van der Waals surface area contributed by atoms with Crippen LogP contribution in [0.25, 0.3) is 0 Å². The van der Waals surface area contributed by atoms with Crippen molar-refractivity contribution in [3.05, 3.63) is 0 Å². The summed E-state index contributed by atoms with van der Waals surface area (Å²) in [5.41, 5.74) is 0. The lowest BCUT2D eigenvalue weighted by atomic mass is 10.2. The second-order valence-corrected chi connectivity index (χ2v) is 4.67. The van der Waals surface area contributed by atoms with Gasteiger partial charge in [-0.1, -0.05) is 6.92 Å². The highest BCUT2D eigenvalue weighted by molar-refractivity contribution is 7.84. The Bertz CT molecular complexity index is 262. The summed E-state index contributed by atoms with van der Waals surface area (Å²) in [6, 6.07) is 0. The van der Waals surface area contributed by atoms with Crippen molar-refractivity contribution >= 4 is 22.7 Å². The number of esters is 2. The quantitative estimate of drug-likeness (QED) is 0.604. The lowest BCUT2D eigenvalue weighted by Gasteiger charge is -2.20. The highest BCUT2D eigenvalue weighted by atomic mass is 32.2. The molecule has 1 heterocycles. The SMILES string of the molecule is CCS(=O)CC[C@@H]1OC(=O)COC1=O. The number of hydrogen-bond donors (Lipinski definition) is 0. The van der Waals surface area contributed by atoms with E-state index in [1.807, 2.05) is 0 Å². The van der Waals surface area contributed by atoms with E-state index in [1.165, 1.54) is 0 Å². The van der Waals surface area contributed by atoms with Gasteiger partial charge in [0.2, 0.25) is 0 Å². The fraction of sp³-hybridized carbons (Fsp3) is 0.750. The highest BCUT2D eigenvalue weighted by Gasteiger charge is 2.30. The Morgan fingerprint density at radius 2 is 2.21 bits per heavy atom. The lowest BCUT2D eigenvalue weighted by molar-refractivity contribution is -0.184. The van der Waals surface area contributed by atoms with Crippen LogP contribution >= 0.6 is 0 Å². The van der Waals surface area contributed by atoms with Gasteiger partial charge < -0.3 is 9.47 Å². The maximum atomic E-state index is 11.1. The van der Waals surface area contributed by atoms with E-state index in [9.17, 15) is 13.8 Å². The zero-order chi connectivity index (χ0) is 10.6. The first-order chi connectivity index (χ1) is 6.63. The second-order valence-electron chi connectivity index (χ2n) is 2.81. The van der Waals surface area contributed by atoms with Gasteiger partial charge in [0.15, 0.2) is 12.7 Å². The van der Waals surface area contributed by atoms with E-state index >= 15 is 0 Å². The van der Waals surface area contributed by atoms with E-state index in [2.05, 4.69) is 4.74 Å². The van der Waals surface area contributed by atoms with E-state index in [-0.39, 0.29) is 13.0 Å². The molecule has 0 bridgehead atoms. The van der Waals surface area contributed by atoms with Gasteiger partial charge in [0.1, 0.15) is 0 Å². The van der Waals surface area contributed by atoms with Gasteiger partial charge >= 0.3 is 11.9 Å². The van der Waals surface area contributed by atoms with Crippen LogP contribution in [0, 0.1) is 0 Å². The Balaban J connectivity index is 2.38. The fourth-order valence-electron chi connectivity index (χ4n) is 1.02. The molecule has 14 heavy (non-hydrogen) atoms. The summed E-state index contributed by atoms with van der Waals surface area (Å²) >= 11 is 0. The van der Waals surface area contributed by atoms with Gasteiger partial charge in [-0.05, 0) is 0 Å². The molecular weight excluding hydrogens is 208 g/mol. The first kappa shape index (κ1) is 11.2. The molecule has 0 aromatic heterocycles. The number of ether oxygens (including phenoxy) is 2. The minimum atomic E-state index is -0.954. The van der Waals surface area contributed by atoms with Crippen molar-refractivity contribution in [3.63, 3.8) is 0 Å². The summed E-state index contributed by atoms with van der Waals surface area (Å²) < 4.78 is 20.4. The molecule has 1 fully saturated rings.